The minimum absolute atomic E-state index is 0.0729. The van der Waals surface area contributed by atoms with E-state index in [9.17, 15) is 19.2 Å². The summed E-state index contributed by atoms with van der Waals surface area (Å²) in [5.41, 5.74) is 1.30. The highest BCUT2D eigenvalue weighted by atomic mass is 32.2. The Morgan fingerprint density at radius 1 is 0.600 bits per heavy atom. The van der Waals surface area contributed by atoms with Crippen molar-refractivity contribution < 1.29 is 38.1 Å². The quantitative estimate of drug-likeness (QED) is 0.269. The fourth-order valence-electron chi connectivity index (χ4n) is 4.20. The van der Waals surface area contributed by atoms with Gasteiger partial charge in [-0.1, -0.05) is 59.9 Å². The Labute approximate surface area is 239 Å². The average molecular weight is 583 g/mol. The van der Waals surface area contributed by atoms with Gasteiger partial charge >= 0.3 is 23.9 Å². The number of carbonyl (C=O) groups excluding carboxylic acids is 4. The number of nitrogens with zero attached hydrogens (tertiary/aromatic N) is 2. The summed E-state index contributed by atoms with van der Waals surface area (Å²) in [6.45, 7) is 0.968. The Kier molecular flexibility index (Phi) is 9.22. The van der Waals surface area contributed by atoms with Crippen molar-refractivity contribution in [2.45, 2.75) is 0 Å². The molecule has 0 atom stereocenters. The molecule has 0 radical (unpaired) electrons. The van der Waals surface area contributed by atoms with E-state index in [1.54, 1.807) is 0 Å². The van der Waals surface area contributed by atoms with Crippen LogP contribution in [0.5, 0.6) is 0 Å². The third kappa shape index (κ3) is 5.58. The minimum atomic E-state index is -0.855. The average Bonchev–Trinajstić information content (AvgIpc) is 3.64. The van der Waals surface area contributed by atoms with Gasteiger partial charge in [-0.15, -0.1) is 0 Å². The standard InChI is InChI=1S/C28H26N2O8S2/c1-35-24(31)19(20(25(32)36-2)28-39-21(26(33)37-3)22(40-28)27(34)38-4)23-29(17-11-7-5-8-12-17)15-16-30(23)18-13-9-6-10-14-18/h5-14H,15-16H2,1-4H3. The van der Waals surface area contributed by atoms with E-state index in [1.165, 1.54) is 28.4 Å². The number of rotatable bonds is 7. The molecule has 0 aliphatic carbocycles. The number of hydrogen-bond acceptors (Lipinski definition) is 12. The number of benzene rings is 2. The van der Waals surface area contributed by atoms with Crippen molar-refractivity contribution >= 4 is 58.8 Å². The molecule has 2 aliphatic heterocycles. The fourth-order valence-corrected chi connectivity index (χ4v) is 6.75. The van der Waals surface area contributed by atoms with Gasteiger partial charge in [0.05, 0.1) is 38.2 Å². The van der Waals surface area contributed by atoms with Crippen LogP contribution in [-0.4, -0.2) is 65.4 Å². The smallest absolute Gasteiger partial charge is 0.346 e. The Hall–Kier alpha value is -4.16. The number of ether oxygens (including phenoxy) is 4. The molecule has 40 heavy (non-hydrogen) atoms. The van der Waals surface area contributed by atoms with E-state index in [0.717, 1.165) is 34.9 Å². The molecular weight excluding hydrogens is 556 g/mol. The largest absolute Gasteiger partial charge is 0.465 e. The summed E-state index contributed by atoms with van der Waals surface area (Å²) in [5.74, 6) is -2.86. The summed E-state index contributed by atoms with van der Waals surface area (Å²) in [4.78, 5) is 55.9. The van der Waals surface area contributed by atoms with Gasteiger partial charge in [0, 0.05) is 24.5 Å². The molecule has 2 aromatic carbocycles. The van der Waals surface area contributed by atoms with Crippen molar-refractivity contribution in [3.05, 3.63) is 91.7 Å². The van der Waals surface area contributed by atoms with Crippen LogP contribution in [0, 0.1) is 0 Å². The number of thioether (sulfide) groups is 2. The molecule has 10 nitrogen and oxygen atoms in total. The highest BCUT2D eigenvalue weighted by Gasteiger charge is 2.42. The molecule has 0 saturated carbocycles. The molecule has 2 aliphatic rings. The van der Waals surface area contributed by atoms with E-state index in [0.29, 0.717) is 18.9 Å². The Morgan fingerprint density at radius 3 is 1.38 bits per heavy atom. The Morgan fingerprint density at radius 2 is 1.00 bits per heavy atom. The van der Waals surface area contributed by atoms with Gasteiger partial charge in [-0.3, -0.25) is 0 Å². The number of esters is 4. The maximum Gasteiger partial charge on any atom is 0.346 e. The molecular formula is C28H26N2O8S2. The zero-order chi connectivity index (χ0) is 28.8. The molecule has 0 unspecified atom stereocenters. The van der Waals surface area contributed by atoms with Crippen molar-refractivity contribution in [1.29, 1.82) is 0 Å². The molecule has 1 saturated heterocycles. The van der Waals surface area contributed by atoms with Gasteiger partial charge in [0.25, 0.3) is 0 Å². The molecule has 1 fully saturated rings. The number of para-hydroxylation sites is 2. The highest BCUT2D eigenvalue weighted by molar-refractivity contribution is 8.29. The zero-order valence-corrected chi connectivity index (χ0v) is 23.8. The predicted octanol–water partition coefficient (Wildman–Crippen LogP) is 3.82. The molecule has 4 rings (SSSR count). The Balaban J connectivity index is 2.03. The van der Waals surface area contributed by atoms with Crippen molar-refractivity contribution in [3.63, 3.8) is 0 Å². The third-order valence-electron chi connectivity index (χ3n) is 5.99. The zero-order valence-electron chi connectivity index (χ0n) is 22.2. The van der Waals surface area contributed by atoms with Gasteiger partial charge in [-0.2, -0.15) is 0 Å². The van der Waals surface area contributed by atoms with Gasteiger partial charge in [0.15, 0.2) is 0 Å². The first kappa shape index (κ1) is 28.8. The van der Waals surface area contributed by atoms with Gasteiger partial charge in [-0.25, -0.2) is 19.2 Å². The minimum Gasteiger partial charge on any atom is -0.465 e. The highest BCUT2D eigenvalue weighted by Crippen LogP contribution is 2.53. The second-order valence-corrected chi connectivity index (χ2v) is 10.5. The van der Waals surface area contributed by atoms with Gasteiger partial charge < -0.3 is 28.7 Å². The second kappa shape index (κ2) is 12.8. The molecule has 12 heteroatoms. The van der Waals surface area contributed by atoms with Gasteiger partial charge in [-0.05, 0) is 24.3 Å². The van der Waals surface area contributed by atoms with Gasteiger partial charge in [0.1, 0.15) is 21.2 Å². The number of hydrogen-bond donors (Lipinski definition) is 0. The lowest BCUT2D eigenvalue weighted by Crippen LogP contribution is -2.30. The van der Waals surface area contributed by atoms with Crippen LogP contribution in [0.3, 0.4) is 0 Å². The van der Waals surface area contributed by atoms with E-state index in [2.05, 4.69) is 0 Å². The molecule has 2 heterocycles. The molecule has 208 valence electrons. The lowest BCUT2D eigenvalue weighted by atomic mass is 10.1. The predicted molar refractivity (Wildman–Crippen MR) is 152 cm³/mol. The van der Waals surface area contributed by atoms with Crippen LogP contribution < -0.4 is 9.80 Å². The first-order chi connectivity index (χ1) is 19.4. The SMILES string of the molecule is COC(=O)C1=C(C(=O)OC)SC(=C(C(=O)OC)C(C(=O)OC)=C2N(c3ccccc3)CCN2c2ccccc2)S1. The first-order valence-corrected chi connectivity index (χ1v) is 13.6. The molecule has 0 bridgehead atoms. The van der Waals surface area contributed by atoms with Crippen LogP contribution in [0.25, 0.3) is 0 Å². The maximum absolute atomic E-state index is 13.6. The molecule has 0 spiro atoms. The van der Waals surface area contributed by atoms with Crippen LogP contribution in [-0.2, 0) is 38.1 Å². The summed E-state index contributed by atoms with van der Waals surface area (Å²) in [6.07, 6.45) is 0. The molecule has 0 N–H and O–H groups in total. The van der Waals surface area contributed by atoms with E-state index in [-0.39, 0.29) is 25.2 Å². The van der Waals surface area contributed by atoms with Crippen molar-refractivity contribution in [3.8, 4) is 0 Å². The summed E-state index contributed by atoms with van der Waals surface area (Å²) >= 11 is 1.65. The van der Waals surface area contributed by atoms with Crippen LogP contribution in [0.15, 0.2) is 91.7 Å². The third-order valence-corrected chi connectivity index (χ3v) is 8.55. The van der Waals surface area contributed by atoms with Crippen LogP contribution in [0.4, 0.5) is 11.4 Å². The van der Waals surface area contributed by atoms with E-state index >= 15 is 0 Å². The van der Waals surface area contributed by atoms with Crippen LogP contribution in [0.1, 0.15) is 0 Å². The first-order valence-electron chi connectivity index (χ1n) is 11.9. The summed E-state index contributed by atoms with van der Waals surface area (Å²) in [7, 11) is 4.74. The molecule has 0 aromatic heterocycles. The number of methoxy groups -OCH3 is 4. The summed E-state index contributed by atoms with van der Waals surface area (Å²) in [6, 6.07) is 18.8. The van der Waals surface area contributed by atoms with Crippen molar-refractivity contribution in [1.82, 2.24) is 0 Å². The summed E-state index contributed by atoms with van der Waals surface area (Å²) in [5, 5.41) is 0. The topological polar surface area (TPSA) is 112 Å². The van der Waals surface area contributed by atoms with E-state index in [1.807, 2.05) is 70.5 Å². The molecule has 0 amide bonds. The monoisotopic (exact) mass is 582 g/mol. The lowest BCUT2D eigenvalue weighted by molar-refractivity contribution is -0.139. The van der Waals surface area contributed by atoms with E-state index in [4.69, 9.17) is 18.9 Å². The lowest BCUT2D eigenvalue weighted by Gasteiger charge is -2.28. The van der Waals surface area contributed by atoms with Gasteiger partial charge in [0.2, 0.25) is 0 Å². The van der Waals surface area contributed by atoms with Crippen LogP contribution >= 0.6 is 23.5 Å². The summed E-state index contributed by atoms with van der Waals surface area (Å²) < 4.78 is 20.2. The maximum atomic E-state index is 13.6. The van der Waals surface area contributed by atoms with Crippen molar-refractivity contribution in [2.24, 2.45) is 0 Å². The number of carbonyl (C=O) groups is 4. The molecule has 2 aromatic rings. The normalized spacial score (nSPS) is 14.7. The Bertz CT molecular complexity index is 1340. The fraction of sp³-hybridized carbons (Fsp3) is 0.214. The second-order valence-electron chi connectivity index (χ2n) is 8.16. The van der Waals surface area contributed by atoms with Crippen molar-refractivity contribution in [2.75, 3.05) is 51.3 Å². The van der Waals surface area contributed by atoms with Crippen LogP contribution in [0.2, 0.25) is 0 Å². The van der Waals surface area contributed by atoms with E-state index < -0.39 is 23.9 Å². The number of anilines is 2.